The van der Waals surface area contributed by atoms with E-state index in [1.54, 1.807) is 0 Å². The Balaban J connectivity index is 0. The maximum Gasteiger partial charge on any atom is 0.320 e. The van der Waals surface area contributed by atoms with Crippen LogP contribution in [0.3, 0.4) is 0 Å². The van der Waals surface area contributed by atoms with Gasteiger partial charge < -0.3 is 36.4 Å². The Labute approximate surface area is 109 Å². The lowest BCUT2D eigenvalue weighted by Gasteiger charge is -2.23. The quantitative estimate of drug-likeness (QED) is 0.247. The van der Waals surface area contributed by atoms with Crippen LogP contribution in [0.5, 0.6) is 0 Å². The Morgan fingerprint density at radius 1 is 0.947 bits per heavy atom. The second-order valence-electron chi connectivity index (χ2n) is 4.01. The van der Waals surface area contributed by atoms with Gasteiger partial charge in [0.2, 0.25) is 0 Å². The van der Waals surface area contributed by atoms with E-state index in [9.17, 15) is 9.59 Å². The van der Waals surface area contributed by atoms with Crippen LogP contribution < -0.4 is 5.73 Å². The first-order valence-electron chi connectivity index (χ1n) is 5.42. The van der Waals surface area contributed by atoms with Crippen molar-refractivity contribution in [2.45, 2.75) is 18.9 Å². The first kappa shape index (κ1) is 20.1. The molecule has 0 bridgehead atoms. The summed E-state index contributed by atoms with van der Waals surface area (Å²) >= 11 is 0. The van der Waals surface area contributed by atoms with Crippen molar-refractivity contribution in [2.24, 2.45) is 11.1 Å². The topological polar surface area (TPSA) is 182 Å². The van der Waals surface area contributed by atoms with Crippen molar-refractivity contribution in [1.82, 2.24) is 0 Å². The number of carboxylic acid groups (broad SMARTS) is 2. The largest absolute Gasteiger partial charge is 0.481 e. The molecule has 9 nitrogen and oxygen atoms in total. The predicted molar refractivity (Wildman–Crippen MR) is 63.3 cm³/mol. The second-order valence-corrected chi connectivity index (χ2v) is 4.01. The third kappa shape index (κ3) is 9.33. The highest BCUT2D eigenvalue weighted by Crippen LogP contribution is 2.11. The van der Waals surface area contributed by atoms with Crippen LogP contribution in [0.15, 0.2) is 0 Å². The molecule has 0 aromatic rings. The Hall–Kier alpha value is -1.26. The van der Waals surface area contributed by atoms with E-state index < -0.39 is 49.8 Å². The summed E-state index contributed by atoms with van der Waals surface area (Å²) in [6.45, 7) is -1.62. The van der Waals surface area contributed by atoms with Gasteiger partial charge in [-0.1, -0.05) is 0 Å². The zero-order valence-corrected chi connectivity index (χ0v) is 10.4. The molecule has 0 aliphatic carbocycles. The number of hydrogen-bond acceptors (Lipinski definition) is 7. The van der Waals surface area contributed by atoms with Gasteiger partial charge in [0.15, 0.2) is 0 Å². The molecule has 0 heterocycles. The summed E-state index contributed by atoms with van der Waals surface area (Å²) in [7, 11) is 0. The van der Waals surface area contributed by atoms with Crippen molar-refractivity contribution in [3.63, 3.8) is 0 Å². The highest BCUT2D eigenvalue weighted by Gasteiger charge is 2.26. The van der Waals surface area contributed by atoms with Gasteiger partial charge in [-0.05, 0) is 6.42 Å². The molecular formula is C10H21NO8. The van der Waals surface area contributed by atoms with E-state index in [-0.39, 0.29) is 12.8 Å². The summed E-state index contributed by atoms with van der Waals surface area (Å²) in [5.41, 5.74) is 3.89. The number of aliphatic carboxylic acids is 2. The molecule has 0 aliphatic heterocycles. The zero-order valence-electron chi connectivity index (χ0n) is 10.4. The van der Waals surface area contributed by atoms with Crippen LogP contribution in [-0.2, 0) is 9.59 Å². The number of aliphatic hydroxyl groups is 4. The van der Waals surface area contributed by atoms with E-state index in [2.05, 4.69) is 0 Å². The van der Waals surface area contributed by atoms with Crippen LogP contribution in [0.2, 0.25) is 0 Å². The predicted octanol–water partition coefficient (Wildman–Crippen LogP) is -2.79. The van der Waals surface area contributed by atoms with Gasteiger partial charge in [0.25, 0.3) is 0 Å². The van der Waals surface area contributed by atoms with Gasteiger partial charge in [0.1, 0.15) is 6.04 Å². The number of carbonyl (C=O) groups is 2. The molecule has 1 unspecified atom stereocenters. The molecule has 9 heteroatoms. The highest BCUT2D eigenvalue weighted by molar-refractivity contribution is 5.74. The Bertz CT molecular complexity index is 249. The molecule has 0 rings (SSSR count). The third-order valence-corrected chi connectivity index (χ3v) is 2.33. The van der Waals surface area contributed by atoms with Crippen LogP contribution in [-0.4, -0.2) is 75.0 Å². The molecule has 0 radical (unpaired) electrons. The minimum Gasteiger partial charge on any atom is -0.481 e. The van der Waals surface area contributed by atoms with E-state index >= 15 is 0 Å². The molecule has 0 aliphatic rings. The van der Waals surface area contributed by atoms with Crippen LogP contribution in [0.4, 0.5) is 0 Å². The van der Waals surface area contributed by atoms with E-state index in [1.807, 2.05) is 0 Å². The van der Waals surface area contributed by atoms with Gasteiger partial charge >= 0.3 is 11.9 Å². The summed E-state index contributed by atoms with van der Waals surface area (Å²) in [6.07, 6.45) is -0.224. The lowest BCUT2D eigenvalue weighted by molar-refractivity contribution is -0.139. The molecule has 0 fully saturated rings. The molecule has 19 heavy (non-hydrogen) atoms. The Kier molecular flexibility index (Phi) is 11.2. The summed E-state index contributed by atoms with van der Waals surface area (Å²) in [5, 5.41) is 50.3. The maximum atomic E-state index is 9.99. The summed E-state index contributed by atoms with van der Waals surface area (Å²) < 4.78 is 0. The highest BCUT2D eigenvalue weighted by atomic mass is 16.4. The van der Waals surface area contributed by atoms with Gasteiger partial charge in [-0.15, -0.1) is 0 Å². The van der Waals surface area contributed by atoms with Crippen molar-refractivity contribution in [3.05, 3.63) is 0 Å². The zero-order chi connectivity index (χ0) is 15.5. The molecule has 0 aromatic carbocycles. The molecule has 1 atom stereocenters. The fourth-order valence-corrected chi connectivity index (χ4v) is 0.702. The monoisotopic (exact) mass is 283 g/mol. The van der Waals surface area contributed by atoms with Crippen molar-refractivity contribution < 1.29 is 40.2 Å². The average Bonchev–Trinajstić information content (AvgIpc) is 2.40. The van der Waals surface area contributed by atoms with E-state index in [0.717, 1.165) is 0 Å². The fourth-order valence-electron chi connectivity index (χ4n) is 0.702. The molecule has 0 saturated heterocycles. The normalized spacial score (nSPS) is 12.3. The van der Waals surface area contributed by atoms with Crippen LogP contribution in [0, 0.1) is 5.41 Å². The van der Waals surface area contributed by atoms with Gasteiger partial charge in [0.05, 0.1) is 31.8 Å². The van der Waals surface area contributed by atoms with E-state index in [1.165, 1.54) is 0 Å². The minimum atomic E-state index is -1.17. The van der Waals surface area contributed by atoms with Crippen molar-refractivity contribution in [1.29, 1.82) is 0 Å². The molecule has 0 spiro atoms. The Morgan fingerprint density at radius 3 is 1.47 bits per heavy atom. The van der Waals surface area contributed by atoms with Crippen molar-refractivity contribution in [3.8, 4) is 0 Å². The van der Waals surface area contributed by atoms with E-state index in [0.29, 0.717) is 0 Å². The molecule has 8 N–H and O–H groups in total. The van der Waals surface area contributed by atoms with E-state index in [4.69, 9.17) is 36.4 Å². The first-order chi connectivity index (χ1) is 8.78. The number of aliphatic hydroxyl groups excluding tert-OH is 4. The van der Waals surface area contributed by atoms with Gasteiger partial charge in [-0.25, -0.2) is 0 Å². The third-order valence-electron chi connectivity index (χ3n) is 2.33. The molecule has 114 valence electrons. The lowest BCUT2D eigenvalue weighted by atomic mass is 9.93. The maximum absolute atomic E-state index is 9.99. The van der Waals surface area contributed by atoms with Crippen LogP contribution in [0.1, 0.15) is 12.8 Å². The number of hydrogen-bond donors (Lipinski definition) is 7. The van der Waals surface area contributed by atoms with Gasteiger partial charge in [0, 0.05) is 6.42 Å². The van der Waals surface area contributed by atoms with Crippen LogP contribution >= 0.6 is 0 Å². The molecular weight excluding hydrogens is 262 g/mol. The lowest BCUT2D eigenvalue weighted by Crippen LogP contribution is -2.37. The first-order valence-corrected chi connectivity index (χ1v) is 5.42. The number of carboxylic acids is 2. The van der Waals surface area contributed by atoms with Crippen molar-refractivity contribution in [2.75, 3.05) is 26.4 Å². The van der Waals surface area contributed by atoms with Crippen molar-refractivity contribution >= 4 is 11.9 Å². The smallest absolute Gasteiger partial charge is 0.320 e. The Morgan fingerprint density at radius 2 is 1.32 bits per heavy atom. The van der Waals surface area contributed by atoms with Gasteiger partial charge in [-0.3, -0.25) is 9.59 Å². The second kappa shape index (κ2) is 10.6. The average molecular weight is 283 g/mol. The van der Waals surface area contributed by atoms with Gasteiger partial charge in [-0.2, -0.15) is 0 Å². The minimum absolute atomic E-state index is 0.0231. The summed E-state index contributed by atoms with van der Waals surface area (Å²) in [6, 6.07) is -1.06. The van der Waals surface area contributed by atoms with Crippen LogP contribution in [0.25, 0.3) is 0 Å². The standard InChI is InChI=1S/C5H9NO4.C5H12O4/c6-3(5(9)10)1-2-4(7)8;6-1-5(2-7,3-8)4-9/h3H,1-2,6H2,(H,7,8)(H,9,10);6-9H,1-4H2. The SMILES string of the molecule is NC(CCC(=O)O)C(=O)O.OCC(CO)(CO)CO. The fraction of sp³-hybridized carbons (Fsp3) is 0.800. The number of nitrogens with two attached hydrogens (primary N) is 1. The molecule has 0 aromatic heterocycles. The summed E-state index contributed by atoms with van der Waals surface area (Å²) in [4.78, 5) is 19.9. The number of rotatable bonds is 8. The molecule has 0 amide bonds. The molecule has 0 saturated carbocycles. The summed E-state index contributed by atoms with van der Waals surface area (Å²) in [5.74, 6) is -2.20.